The number of rotatable bonds is 7. The Morgan fingerprint density at radius 3 is 2.76 bits per heavy atom. The van der Waals surface area contributed by atoms with Crippen LogP contribution in [0, 0.1) is 0 Å². The monoisotopic (exact) mass is 290 g/mol. The highest BCUT2D eigenvalue weighted by atomic mass is 16.4. The molecule has 21 heavy (non-hydrogen) atoms. The summed E-state index contributed by atoms with van der Waals surface area (Å²) in [6, 6.07) is 10.1. The van der Waals surface area contributed by atoms with E-state index in [4.69, 9.17) is 5.11 Å². The summed E-state index contributed by atoms with van der Waals surface area (Å²) in [5.41, 5.74) is 1.21. The molecular weight excluding hydrogens is 268 g/mol. The lowest BCUT2D eigenvalue weighted by Crippen LogP contribution is -2.43. The molecule has 0 aromatic heterocycles. The van der Waals surface area contributed by atoms with Gasteiger partial charge in [-0.3, -0.25) is 14.5 Å². The van der Waals surface area contributed by atoms with Gasteiger partial charge in [-0.15, -0.1) is 0 Å². The van der Waals surface area contributed by atoms with Crippen LogP contribution in [-0.2, 0) is 16.1 Å². The van der Waals surface area contributed by atoms with E-state index < -0.39 is 5.97 Å². The van der Waals surface area contributed by atoms with Crippen LogP contribution in [0.2, 0.25) is 0 Å². The van der Waals surface area contributed by atoms with Crippen LogP contribution in [-0.4, -0.2) is 41.0 Å². The van der Waals surface area contributed by atoms with E-state index in [0.29, 0.717) is 13.0 Å². The van der Waals surface area contributed by atoms with Crippen LogP contribution in [0.4, 0.5) is 0 Å². The molecule has 5 nitrogen and oxygen atoms in total. The SMILES string of the molecule is O=C(O)CCCNC(=O)C1CCCN1Cc1ccccc1. The number of amides is 1. The number of likely N-dealkylation sites (tertiary alicyclic amines) is 1. The fourth-order valence-corrected chi connectivity index (χ4v) is 2.70. The Morgan fingerprint density at radius 2 is 2.05 bits per heavy atom. The Labute approximate surface area is 125 Å². The van der Waals surface area contributed by atoms with Gasteiger partial charge in [-0.1, -0.05) is 30.3 Å². The van der Waals surface area contributed by atoms with Crippen molar-refractivity contribution in [2.24, 2.45) is 0 Å². The van der Waals surface area contributed by atoms with E-state index in [1.54, 1.807) is 0 Å². The summed E-state index contributed by atoms with van der Waals surface area (Å²) in [7, 11) is 0. The molecular formula is C16H22N2O3. The van der Waals surface area contributed by atoms with E-state index in [0.717, 1.165) is 25.9 Å². The zero-order valence-electron chi connectivity index (χ0n) is 12.1. The maximum Gasteiger partial charge on any atom is 0.303 e. The Balaban J connectivity index is 1.80. The Morgan fingerprint density at radius 1 is 1.29 bits per heavy atom. The minimum Gasteiger partial charge on any atom is -0.481 e. The normalized spacial score (nSPS) is 18.6. The van der Waals surface area contributed by atoms with E-state index >= 15 is 0 Å². The number of aliphatic carboxylic acids is 1. The van der Waals surface area contributed by atoms with Crippen LogP contribution < -0.4 is 5.32 Å². The van der Waals surface area contributed by atoms with Crippen molar-refractivity contribution in [2.45, 2.75) is 38.3 Å². The lowest BCUT2D eigenvalue weighted by molar-refractivity contribution is -0.137. The van der Waals surface area contributed by atoms with Crippen molar-refractivity contribution < 1.29 is 14.7 Å². The lowest BCUT2D eigenvalue weighted by Gasteiger charge is -2.23. The van der Waals surface area contributed by atoms with Gasteiger partial charge in [0.25, 0.3) is 0 Å². The molecule has 1 aromatic rings. The van der Waals surface area contributed by atoms with E-state index in [1.165, 1.54) is 5.56 Å². The van der Waals surface area contributed by atoms with Crippen LogP contribution in [0.15, 0.2) is 30.3 Å². The highest BCUT2D eigenvalue weighted by Gasteiger charge is 2.30. The second-order valence-corrected chi connectivity index (χ2v) is 5.40. The van der Waals surface area contributed by atoms with Crippen LogP contribution in [0.1, 0.15) is 31.2 Å². The number of carbonyl (C=O) groups is 2. The van der Waals surface area contributed by atoms with Gasteiger partial charge in [0.05, 0.1) is 6.04 Å². The van der Waals surface area contributed by atoms with Crippen LogP contribution in [0.3, 0.4) is 0 Å². The average molecular weight is 290 g/mol. The van der Waals surface area contributed by atoms with Crippen molar-refractivity contribution in [3.05, 3.63) is 35.9 Å². The predicted molar refractivity (Wildman–Crippen MR) is 79.8 cm³/mol. The van der Waals surface area contributed by atoms with Crippen LogP contribution in [0.25, 0.3) is 0 Å². The minimum absolute atomic E-state index is 0.0221. The molecule has 0 aliphatic carbocycles. The zero-order valence-corrected chi connectivity index (χ0v) is 12.1. The number of carboxylic acids is 1. The smallest absolute Gasteiger partial charge is 0.303 e. The largest absolute Gasteiger partial charge is 0.481 e. The molecule has 0 saturated carbocycles. The van der Waals surface area contributed by atoms with Gasteiger partial charge < -0.3 is 10.4 Å². The van der Waals surface area contributed by atoms with Gasteiger partial charge in [0.2, 0.25) is 5.91 Å². The third-order valence-corrected chi connectivity index (χ3v) is 3.76. The summed E-state index contributed by atoms with van der Waals surface area (Å²) in [6.45, 7) is 2.15. The molecule has 2 N–H and O–H groups in total. The maximum atomic E-state index is 12.2. The number of carboxylic acid groups (broad SMARTS) is 1. The van der Waals surface area contributed by atoms with E-state index in [1.807, 2.05) is 18.2 Å². The third kappa shape index (κ3) is 4.86. The number of carbonyl (C=O) groups excluding carboxylic acids is 1. The first-order valence-electron chi connectivity index (χ1n) is 7.44. The number of nitrogens with zero attached hydrogens (tertiary/aromatic N) is 1. The van der Waals surface area contributed by atoms with Crippen molar-refractivity contribution in [1.29, 1.82) is 0 Å². The van der Waals surface area contributed by atoms with Crippen LogP contribution in [0.5, 0.6) is 0 Å². The number of benzene rings is 1. The van der Waals surface area contributed by atoms with Crippen molar-refractivity contribution in [3.63, 3.8) is 0 Å². The Hall–Kier alpha value is -1.88. The minimum atomic E-state index is -0.823. The summed E-state index contributed by atoms with van der Waals surface area (Å²) in [6.07, 6.45) is 2.47. The first-order chi connectivity index (χ1) is 10.2. The van der Waals surface area contributed by atoms with E-state index in [9.17, 15) is 9.59 Å². The zero-order chi connectivity index (χ0) is 15.1. The average Bonchev–Trinajstić information content (AvgIpc) is 2.92. The molecule has 0 spiro atoms. The van der Waals surface area contributed by atoms with Gasteiger partial charge in [0, 0.05) is 19.5 Å². The second-order valence-electron chi connectivity index (χ2n) is 5.40. The molecule has 0 bridgehead atoms. The topological polar surface area (TPSA) is 69.6 Å². The first-order valence-corrected chi connectivity index (χ1v) is 7.44. The van der Waals surface area contributed by atoms with Gasteiger partial charge in [-0.05, 0) is 31.4 Å². The quantitative estimate of drug-likeness (QED) is 0.749. The van der Waals surface area contributed by atoms with Crippen molar-refractivity contribution >= 4 is 11.9 Å². The lowest BCUT2D eigenvalue weighted by atomic mass is 10.1. The molecule has 1 aliphatic rings. The van der Waals surface area contributed by atoms with Crippen molar-refractivity contribution in [2.75, 3.05) is 13.1 Å². The molecule has 1 amide bonds. The van der Waals surface area contributed by atoms with Crippen molar-refractivity contribution in [1.82, 2.24) is 10.2 Å². The van der Waals surface area contributed by atoms with Gasteiger partial charge in [-0.2, -0.15) is 0 Å². The molecule has 5 heteroatoms. The molecule has 1 fully saturated rings. The summed E-state index contributed by atoms with van der Waals surface area (Å²) in [4.78, 5) is 24.8. The Bertz CT molecular complexity index is 476. The van der Waals surface area contributed by atoms with Gasteiger partial charge in [0.15, 0.2) is 0 Å². The number of nitrogens with one attached hydrogen (secondary N) is 1. The Kier molecular flexibility index (Phi) is 5.75. The highest BCUT2D eigenvalue weighted by molar-refractivity contribution is 5.82. The highest BCUT2D eigenvalue weighted by Crippen LogP contribution is 2.20. The number of hydrogen-bond acceptors (Lipinski definition) is 3. The van der Waals surface area contributed by atoms with Crippen LogP contribution >= 0.6 is 0 Å². The second kappa shape index (κ2) is 7.78. The summed E-state index contributed by atoms with van der Waals surface area (Å²) >= 11 is 0. The molecule has 0 radical (unpaired) electrons. The molecule has 1 saturated heterocycles. The molecule has 1 aliphatic heterocycles. The summed E-state index contributed by atoms with van der Waals surface area (Å²) in [5.74, 6) is -0.801. The molecule has 1 heterocycles. The van der Waals surface area contributed by atoms with E-state index in [2.05, 4.69) is 22.3 Å². The van der Waals surface area contributed by atoms with E-state index in [-0.39, 0.29) is 18.4 Å². The molecule has 114 valence electrons. The molecule has 1 aromatic carbocycles. The van der Waals surface area contributed by atoms with Gasteiger partial charge in [-0.25, -0.2) is 0 Å². The molecule has 1 unspecified atom stereocenters. The number of hydrogen-bond donors (Lipinski definition) is 2. The first kappa shape index (κ1) is 15.5. The van der Waals surface area contributed by atoms with Crippen molar-refractivity contribution in [3.8, 4) is 0 Å². The summed E-state index contributed by atoms with van der Waals surface area (Å²) in [5, 5.41) is 11.4. The fraction of sp³-hybridized carbons (Fsp3) is 0.500. The fourth-order valence-electron chi connectivity index (χ4n) is 2.70. The molecule has 2 rings (SSSR count). The standard InChI is InChI=1S/C16H22N2O3/c19-15(20)9-4-10-17-16(21)14-8-5-11-18(14)12-13-6-2-1-3-7-13/h1-3,6-7,14H,4-5,8-12H2,(H,17,21)(H,19,20). The predicted octanol–water partition coefficient (Wildman–Crippen LogP) is 1.63. The summed E-state index contributed by atoms with van der Waals surface area (Å²) < 4.78 is 0. The third-order valence-electron chi connectivity index (χ3n) is 3.76. The maximum absolute atomic E-state index is 12.2. The van der Waals surface area contributed by atoms with Gasteiger partial charge >= 0.3 is 5.97 Å². The molecule has 1 atom stereocenters. The van der Waals surface area contributed by atoms with Gasteiger partial charge in [0.1, 0.15) is 0 Å².